The van der Waals surface area contributed by atoms with Gasteiger partial charge in [-0.3, -0.25) is 0 Å². The molecule has 0 aliphatic carbocycles. The normalized spacial score (nSPS) is 12.7. The Hall–Kier alpha value is -6.23. The van der Waals surface area contributed by atoms with Crippen LogP contribution in [-0.2, 0) is 0 Å². The largest absolute Gasteiger partial charge is 0.208 e. The van der Waals surface area contributed by atoms with E-state index in [-0.39, 0.29) is 0 Å². The predicted molar refractivity (Wildman–Crippen MR) is 215 cm³/mol. The minimum Gasteiger partial charge on any atom is -0.208 e. The highest BCUT2D eigenvalue weighted by atomic mass is 28.3. The number of aromatic nitrogens is 3. The van der Waals surface area contributed by atoms with Crippen LogP contribution < -0.4 is 10.4 Å². The molecule has 0 spiro atoms. The first kappa shape index (κ1) is 30.8. The number of nitrogens with zero attached hydrogens (tertiary/aromatic N) is 3. The molecule has 0 bridgehead atoms. The average Bonchev–Trinajstić information content (AvgIpc) is 3.44. The second-order valence-electron chi connectivity index (χ2n) is 13.7. The molecule has 7 aromatic carbocycles. The highest BCUT2D eigenvalue weighted by Crippen LogP contribution is 2.34. The molecule has 8 aromatic rings. The monoisotopic (exact) mass is 669 g/mol. The van der Waals surface area contributed by atoms with E-state index < -0.39 is 8.07 Å². The van der Waals surface area contributed by atoms with Gasteiger partial charge in [-0.2, -0.15) is 0 Å². The highest BCUT2D eigenvalue weighted by molar-refractivity contribution is 7.03. The van der Waals surface area contributed by atoms with Crippen LogP contribution in [0.4, 0.5) is 0 Å². The van der Waals surface area contributed by atoms with Crippen molar-refractivity contribution in [2.24, 2.45) is 0 Å². The van der Waals surface area contributed by atoms with Gasteiger partial charge in [0, 0.05) is 16.7 Å². The summed E-state index contributed by atoms with van der Waals surface area (Å²) < 4.78 is 0. The number of fused-ring (bicyclic) bond motifs is 3. The summed E-state index contributed by atoms with van der Waals surface area (Å²) in [5.41, 5.74) is 12.9. The smallest absolute Gasteiger partial charge is 0.164 e. The zero-order valence-corrected chi connectivity index (χ0v) is 29.6. The van der Waals surface area contributed by atoms with Gasteiger partial charge in [-0.1, -0.05) is 183 Å². The van der Waals surface area contributed by atoms with Crippen molar-refractivity contribution in [1.29, 1.82) is 0 Å². The molecule has 1 aliphatic heterocycles. The number of hydrogen-bond donors (Lipinski definition) is 0. The van der Waals surface area contributed by atoms with Crippen molar-refractivity contribution in [2.45, 2.75) is 13.1 Å². The lowest BCUT2D eigenvalue weighted by Gasteiger charge is -2.18. The second-order valence-corrected chi connectivity index (χ2v) is 18.0. The van der Waals surface area contributed by atoms with E-state index in [1.807, 2.05) is 60.7 Å². The van der Waals surface area contributed by atoms with Crippen LogP contribution in [0.15, 0.2) is 176 Å². The van der Waals surface area contributed by atoms with Gasteiger partial charge >= 0.3 is 0 Å². The molecule has 0 unspecified atom stereocenters. The fraction of sp³-hybridized carbons (Fsp3) is 0.0426. The maximum absolute atomic E-state index is 4.88. The lowest BCUT2D eigenvalue weighted by molar-refractivity contribution is 1.07. The van der Waals surface area contributed by atoms with E-state index >= 15 is 0 Å². The first-order valence-corrected chi connectivity index (χ1v) is 20.4. The zero-order chi connectivity index (χ0) is 34.4. The molecule has 0 N–H and O–H groups in total. The topological polar surface area (TPSA) is 38.7 Å². The molecule has 0 atom stereocenters. The van der Waals surface area contributed by atoms with E-state index in [4.69, 9.17) is 15.0 Å². The van der Waals surface area contributed by atoms with Gasteiger partial charge in [0.25, 0.3) is 0 Å². The van der Waals surface area contributed by atoms with Gasteiger partial charge in [-0.05, 0) is 60.9 Å². The third-order valence-corrected chi connectivity index (χ3v) is 13.8. The van der Waals surface area contributed by atoms with Crippen LogP contribution in [0, 0.1) is 0 Å². The molecule has 51 heavy (non-hydrogen) atoms. The van der Waals surface area contributed by atoms with Crippen LogP contribution in [0.2, 0.25) is 13.1 Å². The Kier molecular flexibility index (Phi) is 7.60. The van der Waals surface area contributed by atoms with Crippen molar-refractivity contribution in [3.05, 3.63) is 176 Å². The molecular weight excluding hydrogens is 635 g/mol. The van der Waals surface area contributed by atoms with E-state index in [2.05, 4.69) is 128 Å². The molecule has 0 saturated carbocycles. The van der Waals surface area contributed by atoms with Crippen molar-refractivity contribution in [3.63, 3.8) is 0 Å². The van der Waals surface area contributed by atoms with Crippen LogP contribution in [-0.4, -0.2) is 23.0 Å². The van der Waals surface area contributed by atoms with Crippen LogP contribution in [0.5, 0.6) is 0 Å². The number of hydrogen-bond acceptors (Lipinski definition) is 3. The maximum atomic E-state index is 4.88. The Bertz CT molecular complexity index is 2450. The molecular formula is C47H35N3Si. The SMILES string of the molecule is C[Si]1(C)c2ccccc2-c2cc(-c3ccc(-c4ccc(-c5ccc(-c6nc(-c7ccccc7)nc(-c7ccccc7)n6)cc5)cc4)cc3)ccc21. The molecule has 1 aromatic heterocycles. The van der Waals surface area contributed by atoms with Gasteiger partial charge in [-0.25, -0.2) is 15.0 Å². The van der Waals surface area contributed by atoms with Gasteiger partial charge in [-0.15, -0.1) is 0 Å². The minimum absolute atomic E-state index is 0.656. The lowest BCUT2D eigenvalue weighted by Crippen LogP contribution is -2.49. The van der Waals surface area contributed by atoms with E-state index in [1.165, 1.54) is 33.4 Å². The summed E-state index contributed by atoms with van der Waals surface area (Å²) in [5.74, 6) is 1.98. The predicted octanol–water partition coefficient (Wildman–Crippen LogP) is 10.7. The molecule has 4 heteroatoms. The van der Waals surface area contributed by atoms with Crippen LogP contribution in [0.25, 0.3) is 78.7 Å². The molecule has 0 amide bonds. The first-order valence-electron chi connectivity index (χ1n) is 17.4. The standard InChI is InChI=1S/C47H35N3Si/c1-51(2)43-16-10-9-15-41(43)42-31-40(29-30-44(42)51)36-23-21-34(22-24-36)32-17-19-33(20-18-32)35-25-27-39(28-26-35)47-49-45(37-11-5-3-6-12-37)48-46(50-47)38-13-7-4-8-14-38/h3-31H,1-2H3. The fourth-order valence-corrected chi connectivity index (χ4v) is 10.4. The molecule has 2 heterocycles. The van der Waals surface area contributed by atoms with Crippen molar-refractivity contribution in [2.75, 3.05) is 0 Å². The van der Waals surface area contributed by atoms with Crippen LogP contribution in [0.3, 0.4) is 0 Å². The maximum Gasteiger partial charge on any atom is 0.164 e. The minimum atomic E-state index is -1.64. The van der Waals surface area contributed by atoms with Gasteiger partial charge in [0.2, 0.25) is 0 Å². The molecule has 1 aliphatic rings. The summed E-state index contributed by atoms with van der Waals surface area (Å²) >= 11 is 0. The summed E-state index contributed by atoms with van der Waals surface area (Å²) in [6.45, 7) is 4.93. The van der Waals surface area contributed by atoms with Crippen LogP contribution >= 0.6 is 0 Å². The number of benzene rings is 7. The Morgan fingerprint density at radius 1 is 0.294 bits per heavy atom. The molecule has 0 radical (unpaired) electrons. The Balaban J connectivity index is 0.956. The molecule has 0 fully saturated rings. The molecule has 242 valence electrons. The average molecular weight is 670 g/mol. The molecule has 9 rings (SSSR count). The third kappa shape index (κ3) is 5.70. The van der Waals surface area contributed by atoms with Crippen LogP contribution in [0.1, 0.15) is 0 Å². The highest BCUT2D eigenvalue weighted by Gasteiger charge is 2.37. The van der Waals surface area contributed by atoms with Crippen molar-refractivity contribution in [3.8, 4) is 78.7 Å². The summed E-state index contributed by atoms with van der Waals surface area (Å²) in [7, 11) is -1.64. The molecule has 3 nitrogen and oxygen atoms in total. The van der Waals surface area contributed by atoms with E-state index in [0.717, 1.165) is 27.8 Å². The Labute approximate surface area is 300 Å². The van der Waals surface area contributed by atoms with E-state index in [1.54, 1.807) is 10.4 Å². The van der Waals surface area contributed by atoms with Gasteiger partial charge < -0.3 is 0 Å². The third-order valence-electron chi connectivity index (χ3n) is 10.2. The van der Waals surface area contributed by atoms with Crippen molar-refractivity contribution >= 4 is 18.4 Å². The lowest BCUT2D eigenvalue weighted by atomic mass is 9.96. The summed E-state index contributed by atoms with van der Waals surface area (Å²) in [6, 6.07) is 62.5. The van der Waals surface area contributed by atoms with Crippen molar-refractivity contribution < 1.29 is 0 Å². The quantitative estimate of drug-likeness (QED) is 0.165. The van der Waals surface area contributed by atoms with E-state index in [0.29, 0.717) is 17.5 Å². The fourth-order valence-electron chi connectivity index (χ4n) is 7.36. The Morgan fingerprint density at radius 2 is 0.627 bits per heavy atom. The van der Waals surface area contributed by atoms with E-state index in [9.17, 15) is 0 Å². The summed E-state index contributed by atoms with van der Waals surface area (Å²) in [4.78, 5) is 14.6. The van der Waals surface area contributed by atoms with Crippen molar-refractivity contribution in [1.82, 2.24) is 15.0 Å². The molecule has 0 saturated heterocycles. The van der Waals surface area contributed by atoms with Gasteiger partial charge in [0.1, 0.15) is 8.07 Å². The first-order chi connectivity index (χ1) is 25.0. The summed E-state index contributed by atoms with van der Waals surface area (Å²) in [5, 5.41) is 3.09. The second kappa shape index (κ2) is 12.6. The zero-order valence-electron chi connectivity index (χ0n) is 28.6. The summed E-state index contributed by atoms with van der Waals surface area (Å²) in [6.07, 6.45) is 0. The van der Waals surface area contributed by atoms with Gasteiger partial charge in [0.05, 0.1) is 0 Å². The number of rotatable bonds is 6. The van der Waals surface area contributed by atoms with Gasteiger partial charge in [0.15, 0.2) is 17.5 Å². The Morgan fingerprint density at radius 3 is 1.10 bits per heavy atom.